The van der Waals surface area contributed by atoms with Crippen molar-refractivity contribution in [3.8, 4) is 28.6 Å². The van der Waals surface area contributed by atoms with Crippen LogP contribution >= 0.6 is 0 Å². The summed E-state index contributed by atoms with van der Waals surface area (Å²) in [6, 6.07) is 10.8. The van der Waals surface area contributed by atoms with E-state index < -0.39 is 6.10 Å². The molecule has 0 saturated carbocycles. The number of carbonyl (C=O) groups excluding carboxylic acids is 1. The Balaban J connectivity index is 1.69. The molecule has 1 aromatic heterocycles. The number of rotatable bonds is 9. The average Bonchev–Trinajstić information content (AvgIpc) is 3.25. The molecule has 3 aromatic rings. The minimum Gasteiger partial charge on any atom is -0.497 e. The van der Waals surface area contributed by atoms with E-state index >= 15 is 0 Å². The number of aromatic nitrogens is 2. The Kier molecular flexibility index (Phi) is 7.07. The summed E-state index contributed by atoms with van der Waals surface area (Å²) in [4.78, 5) is 18.6. The monoisotopic (exact) mass is 429 g/mol. The predicted octanol–water partition coefficient (Wildman–Crippen LogP) is 3.71. The van der Waals surface area contributed by atoms with Crippen LogP contribution in [0.2, 0.25) is 0 Å². The third-order valence-corrected chi connectivity index (χ3v) is 4.60. The number of hydrogen-bond donors (Lipinski definition) is 0. The first kappa shape index (κ1) is 22.1. The third-order valence-electron chi connectivity index (χ3n) is 4.60. The summed E-state index contributed by atoms with van der Waals surface area (Å²) in [5.41, 5.74) is 0.637. The maximum atomic E-state index is 13.1. The number of likely N-dealkylation sites (N-methyl/N-ethyl adjacent to an activating group) is 1. The summed E-state index contributed by atoms with van der Waals surface area (Å²) in [6.45, 7) is 1.94. The largest absolute Gasteiger partial charge is 0.497 e. The van der Waals surface area contributed by atoms with Crippen LogP contribution in [0.1, 0.15) is 19.2 Å². The van der Waals surface area contributed by atoms with Gasteiger partial charge in [-0.2, -0.15) is 4.98 Å². The number of ether oxygens (including phenoxy) is 3. The Bertz CT molecular complexity index is 1020. The first-order chi connectivity index (χ1) is 14.9. The van der Waals surface area contributed by atoms with Crippen LogP contribution in [0.3, 0.4) is 0 Å². The van der Waals surface area contributed by atoms with Crippen LogP contribution in [0, 0.1) is 5.82 Å². The van der Waals surface area contributed by atoms with Gasteiger partial charge in [0.15, 0.2) is 6.10 Å². The van der Waals surface area contributed by atoms with Crippen LogP contribution in [0.4, 0.5) is 4.39 Å². The lowest BCUT2D eigenvalue weighted by Gasteiger charge is -2.22. The van der Waals surface area contributed by atoms with Crippen molar-refractivity contribution in [3.63, 3.8) is 0 Å². The van der Waals surface area contributed by atoms with Gasteiger partial charge in [0.05, 0.1) is 26.3 Å². The number of carbonyl (C=O) groups is 1. The molecular formula is C22H24FN3O5. The summed E-state index contributed by atoms with van der Waals surface area (Å²) in [5.74, 6) is 1.57. The molecule has 0 aliphatic rings. The number of methoxy groups -OCH3 is 2. The third kappa shape index (κ3) is 5.30. The number of benzene rings is 2. The van der Waals surface area contributed by atoms with Gasteiger partial charge in [0, 0.05) is 13.1 Å². The molecule has 1 atom stereocenters. The van der Waals surface area contributed by atoms with Gasteiger partial charge in [0.25, 0.3) is 5.91 Å². The summed E-state index contributed by atoms with van der Waals surface area (Å²) in [5, 5.41) is 3.99. The average molecular weight is 429 g/mol. The van der Waals surface area contributed by atoms with Crippen molar-refractivity contribution in [1.82, 2.24) is 15.0 Å². The molecule has 0 radical (unpaired) electrons. The lowest BCUT2D eigenvalue weighted by molar-refractivity contribution is -0.138. The molecule has 0 aliphatic carbocycles. The van der Waals surface area contributed by atoms with E-state index in [0.29, 0.717) is 35.1 Å². The Morgan fingerprint density at radius 1 is 1.13 bits per heavy atom. The van der Waals surface area contributed by atoms with Gasteiger partial charge >= 0.3 is 0 Å². The molecule has 2 aromatic carbocycles. The summed E-state index contributed by atoms with van der Waals surface area (Å²) in [6.07, 6.45) is -0.280. The van der Waals surface area contributed by atoms with Gasteiger partial charge in [-0.15, -0.1) is 0 Å². The fraction of sp³-hybridized carbons (Fsp3) is 0.318. The molecule has 0 aliphatic heterocycles. The number of amides is 1. The lowest BCUT2D eigenvalue weighted by Crippen LogP contribution is -2.39. The van der Waals surface area contributed by atoms with Gasteiger partial charge in [0.2, 0.25) is 11.7 Å². The summed E-state index contributed by atoms with van der Waals surface area (Å²) < 4.78 is 34.7. The molecule has 1 amide bonds. The van der Waals surface area contributed by atoms with Crippen molar-refractivity contribution in [1.29, 1.82) is 0 Å². The predicted molar refractivity (Wildman–Crippen MR) is 110 cm³/mol. The highest BCUT2D eigenvalue weighted by Gasteiger charge is 2.24. The van der Waals surface area contributed by atoms with E-state index in [-0.39, 0.29) is 24.2 Å². The molecule has 1 unspecified atom stereocenters. The molecule has 0 N–H and O–H groups in total. The van der Waals surface area contributed by atoms with E-state index in [2.05, 4.69) is 10.1 Å². The van der Waals surface area contributed by atoms with Crippen molar-refractivity contribution < 1.29 is 27.9 Å². The molecule has 164 valence electrons. The second-order valence-corrected chi connectivity index (χ2v) is 6.74. The maximum absolute atomic E-state index is 13.1. The van der Waals surface area contributed by atoms with Crippen molar-refractivity contribution in [2.45, 2.75) is 26.0 Å². The second-order valence-electron chi connectivity index (χ2n) is 6.74. The lowest BCUT2D eigenvalue weighted by atomic mass is 10.2. The molecule has 9 heteroatoms. The van der Waals surface area contributed by atoms with Crippen molar-refractivity contribution >= 4 is 5.91 Å². The fourth-order valence-corrected chi connectivity index (χ4v) is 2.92. The van der Waals surface area contributed by atoms with E-state index in [9.17, 15) is 9.18 Å². The van der Waals surface area contributed by atoms with E-state index in [1.165, 1.54) is 36.3 Å². The zero-order valence-electron chi connectivity index (χ0n) is 17.8. The van der Waals surface area contributed by atoms with Gasteiger partial charge in [0.1, 0.15) is 23.1 Å². The van der Waals surface area contributed by atoms with Crippen LogP contribution in [0.15, 0.2) is 47.0 Å². The smallest absolute Gasteiger partial charge is 0.263 e. The minimum absolute atomic E-state index is 0.105. The SMILES string of the molecule is CCC(Oc1ccc(F)cc1)C(=O)N(C)Cc1nc(-c2ccc(OC)cc2OC)no1. The Labute approximate surface area is 179 Å². The molecule has 0 fully saturated rings. The first-order valence-corrected chi connectivity index (χ1v) is 9.67. The van der Waals surface area contributed by atoms with Gasteiger partial charge in [-0.3, -0.25) is 4.79 Å². The molecule has 1 heterocycles. The van der Waals surface area contributed by atoms with Crippen molar-refractivity contribution in [2.24, 2.45) is 0 Å². The standard InChI is InChI=1S/C22H24FN3O5/c1-5-18(30-15-8-6-14(23)7-9-15)22(27)26(2)13-20-24-21(25-31-20)17-11-10-16(28-3)12-19(17)29-4/h6-12,18H,5,13H2,1-4H3. The molecule has 0 spiro atoms. The zero-order chi connectivity index (χ0) is 22.4. The molecular weight excluding hydrogens is 405 g/mol. The minimum atomic E-state index is -0.723. The number of nitrogens with zero attached hydrogens (tertiary/aromatic N) is 3. The molecule has 3 rings (SSSR count). The highest BCUT2D eigenvalue weighted by atomic mass is 19.1. The quantitative estimate of drug-likeness (QED) is 0.512. The van der Waals surface area contributed by atoms with Crippen molar-refractivity contribution in [3.05, 3.63) is 54.2 Å². The van der Waals surface area contributed by atoms with Gasteiger partial charge in [-0.05, 0) is 42.8 Å². The molecule has 0 bridgehead atoms. The van der Waals surface area contributed by atoms with Gasteiger partial charge < -0.3 is 23.6 Å². The van der Waals surface area contributed by atoms with Crippen LogP contribution in [0.5, 0.6) is 17.2 Å². The van der Waals surface area contributed by atoms with E-state index in [0.717, 1.165) is 0 Å². The van der Waals surface area contributed by atoms with E-state index in [1.54, 1.807) is 32.4 Å². The van der Waals surface area contributed by atoms with Crippen LogP contribution in [0.25, 0.3) is 11.4 Å². The van der Waals surface area contributed by atoms with Crippen LogP contribution < -0.4 is 14.2 Å². The Morgan fingerprint density at radius 3 is 2.48 bits per heavy atom. The van der Waals surface area contributed by atoms with Crippen LogP contribution in [-0.2, 0) is 11.3 Å². The maximum Gasteiger partial charge on any atom is 0.263 e. The number of hydrogen-bond acceptors (Lipinski definition) is 7. The zero-order valence-corrected chi connectivity index (χ0v) is 17.8. The van der Waals surface area contributed by atoms with Crippen molar-refractivity contribution in [2.75, 3.05) is 21.3 Å². The molecule has 0 saturated heterocycles. The molecule has 31 heavy (non-hydrogen) atoms. The summed E-state index contributed by atoms with van der Waals surface area (Å²) >= 11 is 0. The summed E-state index contributed by atoms with van der Waals surface area (Å²) in [7, 11) is 4.73. The van der Waals surface area contributed by atoms with Gasteiger partial charge in [-0.1, -0.05) is 12.1 Å². The van der Waals surface area contributed by atoms with E-state index in [4.69, 9.17) is 18.7 Å². The first-order valence-electron chi connectivity index (χ1n) is 9.67. The fourth-order valence-electron chi connectivity index (χ4n) is 2.92. The Hall–Kier alpha value is -3.62. The Morgan fingerprint density at radius 2 is 1.84 bits per heavy atom. The van der Waals surface area contributed by atoms with Gasteiger partial charge in [-0.25, -0.2) is 4.39 Å². The van der Waals surface area contributed by atoms with Crippen LogP contribution in [-0.4, -0.2) is 48.3 Å². The number of halogens is 1. The normalized spacial score (nSPS) is 11.6. The highest BCUT2D eigenvalue weighted by Crippen LogP contribution is 2.31. The highest BCUT2D eigenvalue weighted by molar-refractivity contribution is 5.81. The topological polar surface area (TPSA) is 86.9 Å². The molecule has 8 nitrogen and oxygen atoms in total. The second kappa shape index (κ2) is 9.92. The van der Waals surface area contributed by atoms with E-state index in [1.807, 2.05) is 6.92 Å².